The van der Waals surface area contributed by atoms with E-state index in [1.807, 2.05) is 65.7 Å². The van der Waals surface area contributed by atoms with E-state index in [0.29, 0.717) is 38.3 Å². The Kier molecular flexibility index (Phi) is 5.95. The topological polar surface area (TPSA) is 91.8 Å². The number of rotatable bonds is 2. The molecule has 4 heterocycles. The summed E-state index contributed by atoms with van der Waals surface area (Å²) in [7, 11) is 0. The summed E-state index contributed by atoms with van der Waals surface area (Å²) in [4.78, 5) is 48.9. The highest BCUT2D eigenvalue weighted by atomic mass is 32.1. The van der Waals surface area contributed by atoms with Gasteiger partial charge in [0.2, 0.25) is 17.7 Å². The van der Waals surface area contributed by atoms with Gasteiger partial charge in [0.15, 0.2) is 0 Å². The van der Waals surface area contributed by atoms with E-state index < -0.39 is 11.5 Å². The minimum Gasteiger partial charge on any atom is -0.494 e. The number of anilines is 1. The minimum atomic E-state index is -0.993. The zero-order valence-corrected chi connectivity index (χ0v) is 21.4. The van der Waals surface area contributed by atoms with Crippen molar-refractivity contribution in [2.75, 3.05) is 31.1 Å². The summed E-state index contributed by atoms with van der Waals surface area (Å²) >= 11 is 1.52. The number of hydrogen-bond donors (Lipinski definition) is 1. The summed E-state index contributed by atoms with van der Waals surface area (Å²) in [6.45, 7) is 3.21. The van der Waals surface area contributed by atoms with E-state index in [9.17, 15) is 14.4 Å². The van der Waals surface area contributed by atoms with Crippen LogP contribution in [0.2, 0.25) is 0 Å². The maximum Gasteiger partial charge on any atom is 0.240 e. The van der Waals surface area contributed by atoms with Crippen LogP contribution in [0.1, 0.15) is 40.7 Å². The number of fused-ring (bicyclic) bond motifs is 6. The van der Waals surface area contributed by atoms with E-state index >= 15 is 0 Å². The maximum atomic E-state index is 14.4. The predicted octanol–water partition coefficient (Wildman–Crippen LogP) is 3.15. The maximum absolute atomic E-state index is 14.4. The monoisotopic (exact) mass is 516 g/mol. The molecule has 1 fully saturated rings. The number of thiazole rings is 1. The van der Waals surface area contributed by atoms with E-state index in [1.165, 1.54) is 11.3 Å². The number of para-hydroxylation sites is 1. The Morgan fingerprint density at radius 3 is 2.92 bits per heavy atom. The molecule has 3 aliphatic heterocycles. The summed E-state index contributed by atoms with van der Waals surface area (Å²) in [5.74, 6) is 0.260. The Labute approximate surface area is 219 Å². The molecule has 4 bridgehead atoms. The molecule has 8 nitrogen and oxygen atoms in total. The minimum absolute atomic E-state index is 0.0583. The molecule has 0 aliphatic carbocycles. The summed E-state index contributed by atoms with van der Waals surface area (Å²) < 4.78 is 5.98. The molecule has 1 spiro atoms. The van der Waals surface area contributed by atoms with Crippen LogP contribution >= 0.6 is 11.3 Å². The van der Waals surface area contributed by atoms with Crippen LogP contribution in [0.4, 0.5) is 5.69 Å². The summed E-state index contributed by atoms with van der Waals surface area (Å²) in [5.41, 5.74) is 2.19. The third kappa shape index (κ3) is 3.98. The number of aromatic nitrogens is 1. The van der Waals surface area contributed by atoms with Gasteiger partial charge in [-0.3, -0.25) is 14.4 Å². The normalized spacial score (nSPS) is 23.1. The molecule has 190 valence electrons. The van der Waals surface area contributed by atoms with Gasteiger partial charge in [-0.1, -0.05) is 30.3 Å². The van der Waals surface area contributed by atoms with Gasteiger partial charge in [0.05, 0.1) is 29.8 Å². The second-order valence-electron chi connectivity index (χ2n) is 9.78. The Morgan fingerprint density at radius 2 is 2.08 bits per heavy atom. The lowest BCUT2D eigenvalue weighted by Gasteiger charge is -2.35. The molecule has 1 N–H and O–H groups in total. The molecule has 1 aromatic heterocycles. The number of aryl methyl sites for hydroxylation is 1. The highest BCUT2D eigenvalue weighted by Gasteiger charge is 2.61. The van der Waals surface area contributed by atoms with Crippen LogP contribution < -0.4 is 15.0 Å². The predicted molar refractivity (Wildman–Crippen MR) is 140 cm³/mol. The van der Waals surface area contributed by atoms with Gasteiger partial charge in [0, 0.05) is 24.2 Å². The van der Waals surface area contributed by atoms with Crippen molar-refractivity contribution in [1.82, 2.24) is 15.2 Å². The van der Waals surface area contributed by atoms with Gasteiger partial charge >= 0.3 is 0 Å². The van der Waals surface area contributed by atoms with E-state index in [0.717, 1.165) is 27.5 Å². The first-order chi connectivity index (χ1) is 18.0. The highest BCUT2D eigenvalue weighted by Crippen LogP contribution is 2.56. The zero-order valence-electron chi connectivity index (χ0n) is 20.6. The molecule has 0 saturated carbocycles. The van der Waals surface area contributed by atoms with Crippen molar-refractivity contribution in [2.24, 2.45) is 0 Å². The Balaban J connectivity index is 1.49. The summed E-state index contributed by atoms with van der Waals surface area (Å²) in [5, 5.41) is 5.74. The molecule has 3 amide bonds. The van der Waals surface area contributed by atoms with Crippen molar-refractivity contribution >= 4 is 34.7 Å². The Bertz CT molecular complexity index is 1390. The van der Waals surface area contributed by atoms with Crippen LogP contribution in [0.3, 0.4) is 0 Å². The second kappa shape index (κ2) is 9.30. The SMILES string of the molecule is Cc1nc(CC(=O)N2CC[C@]34C(=O)N(CC(=O)NCCCOc5cccc(c5)[C@H]23)c2ccccc24)cs1. The van der Waals surface area contributed by atoms with Crippen molar-refractivity contribution in [2.45, 2.75) is 37.6 Å². The van der Waals surface area contributed by atoms with Gasteiger partial charge in [-0.25, -0.2) is 4.98 Å². The fourth-order valence-electron chi connectivity index (χ4n) is 5.99. The number of benzene rings is 2. The fourth-order valence-corrected chi connectivity index (χ4v) is 6.60. The molecule has 3 aromatic rings. The first-order valence-electron chi connectivity index (χ1n) is 12.6. The van der Waals surface area contributed by atoms with Crippen molar-refractivity contribution in [1.29, 1.82) is 0 Å². The van der Waals surface area contributed by atoms with Crippen LogP contribution in [0.5, 0.6) is 5.75 Å². The Morgan fingerprint density at radius 1 is 1.22 bits per heavy atom. The van der Waals surface area contributed by atoms with Crippen molar-refractivity contribution in [3.8, 4) is 5.75 Å². The average Bonchev–Trinajstić information content (AvgIpc) is 3.56. The van der Waals surface area contributed by atoms with E-state index in [1.54, 1.807) is 4.90 Å². The molecule has 37 heavy (non-hydrogen) atoms. The molecule has 3 aliphatic rings. The van der Waals surface area contributed by atoms with E-state index in [2.05, 4.69) is 10.3 Å². The third-order valence-electron chi connectivity index (χ3n) is 7.53. The van der Waals surface area contributed by atoms with Crippen LogP contribution in [0.15, 0.2) is 53.9 Å². The fraction of sp³-hybridized carbons (Fsp3) is 0.357. The lowest BCUT2D eigenvalue weighted by Crippen LogP contribution is -2.48. The van der Waals surface area contributed by atoms with E-state index in [4.69, 9.17) is 4.74 Å². The van der Waals surface area contributed by atoms with E-state index in [-0.39, 0.29) is 30.7 Å². The number of hydrogen-bond acceptors (Lipinski definition) is 6. The molecule has 0 unspecified atom stereocenters. The van der Waals surface area contributed by atoms with Crippen LogP contribution in [-0.2, 0) is 26.2 Å². The average molecular weight is 517 g/mol. The standard InChI is InChI=1S/C28H28N4O4S/c1-18-30-20(17-37-18)15-25(34)31-12-10-28-22-8-2-3-9-23(22)32(27(28)35)16-24(33)29-11-5-13-36-21-7-4-6-19(14-21)26(28)31/h2-4,6-9,14,17,26H,5,10-13,15-16H2,1H3,(H,29,33)/t26-,28+/m0/s1. The number of nitrogens with one attached hydrogen (secondary N) is 1. The zero-order chi connectivity index (χ0) is 25.6. The van der Waals surface area contributed by atoms with Crippen LogP contribution in [0, 0.1) is 6.92 Å². The van der Waals surface area contributed by atoms with Crippen molar-refractivity contribution < 1.29 is 19.1 Å². The quantitative estimate of drug-likeness (QED) is 0.565. The van der Waals surface area contributed by atoms with Crippen LogP contribution in [-0.4, -0.2) is 53.8 Å². The van der Waals surface area contributed by atoms with Gasteiger partial charge in [0.25, 0.3) is 0 Å². The van der Waals surface area contributed by atoms with Gasteiger partial charge in [0.1, 0.15) is 17.7 Å². The number of carbonyl (C=O) groups is 3. The third-order valence-corrected chi connectivity index (χ3v) is 8.36. The number of amides is 3. The van der Waals surface area contributed by atoms with Gasteiger partial charge in [-0.05, 0) is 49.1 Å². The number of carbonyl (C=O) groups excluding carboxylic acids is 3. The van der Waals surface area contributed by atoms with Crippen molar-refractivity contribution in [3.63, 3.8) is 0 Å². The van der Waals surface area contributed by atoms with Gasteiger partial charge < -0.3 is 19.9 Å². The number of nitrogens with zero attached hydrogens (tertiary/aromatic N) is 3. The highest BCUT2D eigenvalue weighted by molar-refractivity contribution is 7.09. The number of likely N-dealkylation sites (tertiary alicyclic amines) is 1. The van der Waals surface area contributed by atoms with Gasteiger partial charge in [-0.2, -0.15) is 0 Å². The molecule has 2 atom stereocenters. The molecular formula is C28H28N4O4S. The Hall–Kier alpha value is -3.72. The molecule has 0 radical (unpaired) electrons. The largest absolute Gasteiger partial charge is 0.494 e. The summed E-state index contributed by atoms with van der Waals surface area (Å²) in [6.07, 6.45) is 1.29. The molecule has 6 rings (SSSR count). The first-order valence-corrected chi connectivity index (χ1v) is 13.5. The van der Waals surface area contributed by atoms with Crippen LogP contribution in [0.25, 0.3) is 0 Å². The second-order valence-corrected chi connectivity index (χ2v) is 10.8. The molecule has 2 aromatic carbocycles. The lowest BCUT2D eigenvalue weighted by molar-refractivity contribution is -0.133. The van der Waals surface area contributed by atoms with Crippen molar-refractivity contribution in [3.05, 3.63) is 75.7 Å². The first kappa shape index (κ1) is 23.7. The summed E-state index contributed by atoms with van der Waals surface area (Å²) in [6, 6.07) is 14.9. The molecule has 9 heteroatoms. The number of ether oxygens (including phenoxy) is 1. The smallest absolute Gasteiger partial charge is 0.240 e. The molecule has 1 saturated heterocycles. The lowest BCUT2D eigenvalue weighted by atomic mass is 9.72. The van der Waals surface area contributed by atoms with Gasteiger partial charge in [-0.15, -0.1) is 11.3 Å². The molecular weight excluding hydrogens is 488 g/mol.